The van der Waals surface area contributed by atoms with Crippen LogP contribution in [0.1, 0.15) is 0 Å². The number of hydrogen-bond donors (Lipinski definition) is 1. The predicted molar refractivity (Wildman–Crippen MR) is 85.3 cm³/mol. The highest BCUT2D eigenvalue weighted by molar-refractivity contribution is 7.64. The second-order valence-electron chi connectivity index (χ2n) is 4.41. The minimum atomic E-state index is -0.0684. The lowest BCUT2D eigenvalue weighted by Gasteiger charge is -2.13. The molecule has 0 heterocycles. The van der Waals surface area contributed by atoms with Gasteiger partial charge < -0.3 is 10.1 Å². The zero-order chi connectivity index (χ0) is 13.5. The third kappa shape index (κ3) is 4.25. The van der Waals surface area contributed by atoms with Crippen molar-refractivity contribution >= 4 is 18.9 Å². The third-order valence-electron chi connectivity index (χ3n) is 3.06. The molecule has 2 rings (SSSR count). The second-order valence-corrected chi connectivity index (χ2v) is 6.77. The van der Waals surface area contributed by atoms with Gasteiger partial charge in [-0.05, 0) is 42.4 Å². The van der Waals surface area contributed by atoms with E-state index in [1.54, 1.807) is 7.11 Å². The van der Waals surface area contributed by atoms with Crippen molar-refractivity contribution < 1.29 is 4.74 Å². The van der Waals surface area contributed by atoms with Crippen molar-refractivity contribution in [3.05, 3.63) is 54.6 Å². The molecular weight excluding hydrogens is 253 g/mol. The maximum atomic E-state index is 5.15. The first-order valence-electron chi connectivity index (χ1n) is 6.44. The Morgan fingerprint density at radius 3 is 2.32 bits per heavy atom. The first-order chi connectivity index (χ1) is 9.29. The number of methoxy groups -OCH3 is 1. The summed E-state index contributed by atoms with van der Waals surface area (Å²) in [6.07, 6.45) is 1.19. The van der Waals surface area contributed by atoms with Crippen LogP contribution in [0.3, 0.4) is 0 Å². The highest BCUT2D eigenvalue weighted by Gasteiger charge is 2.03. The van der Waals surface area contributed by atoms with Crippen molar-refractivity contribution in [3.63, 3.8) is 0 Å². The van der Waals surface area contributed by atoms with Crippen LogP contribution in [-0.4, -0.2) is 26.5 Å². The first-order valence-corrected chi connectivity index (χ1v) is 8.41. The molecule has 2 nitrogen and oxygen atoms in total. The maximum Gasteiger partial charge on any atom is 0.119 e. The fourth-order valence-corrected chi connectivity index (χ4v) is 3.27. The molecule has 2 aromatic carbocycles. The predicted octanol–water partition coefficient (Wildman–Crippen LogP) is 3.54. The van der Waals surface area contributed by atoms with Crippen molar-refractivity contribution in [2.75, 3.05) is 31.8 Å². The quantitative estimate of drug-likeness (QED) is 0.813. The lowest BCUT2D eigenvalue weighted by Crippen LogP contribution is -2.10. The Balaban J connectivity index is 1.79. The summed E-state index contributed by atoms with van der Waals surface area (Å²) in [7, 11) is 1.62. The van der Waals surface area contributed by atoms with Gasteiger partial charge in [0.1, 0.15) is 5.75 Å². The smallest absolute Gasteiger partial charge is 0.119 e. The van der Waals surface area contributed by atoms with Gasteiger partial charge in [-0.2, -0.15) is 0 Å². The van der Waals surface area contributed by atoms with Crippen LogP contribution in [0.2, 0.25) is 0 Å². The Kier molecular flexibility index (Phi) is 5.23. The van der Waals surface area contributed by atoms with Crippen molar-refractivity contribution in [1.29, 1.82) is 0 Å². The van der Waals surface area contributed by atoms with Gasteiger partial charge in [0.2, 0.25) is 0 Å². The minimum Gasteiger partial charge on any atom is -0.497 e. The van der Waals surface area contributed by atoms with E-state index in [-0.39, 0.29) is 7.92 Å². The molecule has 0 aliphatic rings. The number of benzene rings is 2. The summed E-state index contributed by atoms with van der Waals surface area (Å²) in [5, 5.41) is 4.92. The van der Waals surface area contributed by atoms with Gasteiger partial charge in [-0.15, -0.1) is 0 Å². The Morgan fingerprint density at radius 2 is 1.68 bits per heavy atom. The van der Waals surface area contributed by atoms with E-state index in [4.69, 9.17) is 4.74 Å². The Hall–Kier alpha value is -1.53. The fourth-order valence-electron chi connectivity index (χ4n) is 1.89. The molecule has 3 heteroatoms. The van der Waals surface area contributed by atoms with E-state index in [0.29, 0.717) is 0 Å². The van der Waals surface area contributed by atoms with E-state index in [1.807, 2.05) is 12.1 Å². The SMILES string of the molecule is COc1ccc(NCCP(C)c2ccccc2)cc1. The number of anilines is 1. The maximum absolute atomic E-state index is 5.15. The van der Waals surface area contributed by atoms with Crippen molar-refractivity contribution in [2.24, 2.45) is 0 Å². The molecule has 0 amide bonds. The average Bonchev–Trinajstić information content (AvgIpc) is 2.49. The molecule has 1 unspecified atom stereocenters. The lowest BCUT2D eigenvalue weighted by atomic mass is 10.3. The highest BCUT2D eigenvalue weighted by atomic mass is 31.1. The minimum absolute atomic E-state index is 0.0684. The molecule has 0 fully saturated rings. The van der Waals surface area contributed by atoms with Gasteiger partial charge in [0.05, 0.1) is 7.11 Å². The lowest BCUT2D eigenvalue weighted by molar-refractivity contribution is 0.415. The van der Waals surface area contributed by atoms with Crippen LogP contribution < -0.4 is 15.4 Å². The Bertz CT molecular complexity index is 484. The zero-order valence-corrected chi connectivity index (χ0v) is 12.4. The fraction of sp³-hybridized carbons (Fsp3) is 0.250. The summed E-state index contributed by atoms with van der Waals surface area (Å²) >= 11 is 0. The molecule has 0 saturated heterocycles. The van der Waals surface area contributed by atoms with Crippen LogP contribution in [0.15, 0.2) is 54.6 Å². The molecule has 0 aliphatic heterocycles. The monoisotopic (exact) mass is 273 g/mol. The van der Waals surface area contributed by atoms with Gasteiger partial charge in [-0.1, -0.05) is 38.3 Å². The van der Waals surface area contributed by atoms with Crippen LogP contribution in [0, 0.1) is 0 Å². The van der Waals surface area contributed by atoms with Gasteiger partial charge in [0.15, 0.2) is 0 Å². The van der Waals surface area contributed by atoms with Gasteiger partial charge >= 0.3 is 0 Å². The van der Waals surface area contributed by atoms with E-state index in [2.05, 4.69) is 54.4 Å². The van der Waals surface area contributed by atoms with E-state index >= 15 is 0 Å². The van der Waals surface area contributed by atoms with Gasteiger partial charge in [-0.25, -0.2) is 0 Å². The van der Waals surface area contributed by atoms with Crippen LogP contribution in [0.25, 0.3) is 0 Å². The molecule has 0 radical (unpaired) electrons. The average molecular weight is 273 g/mol. The molecule has 1 atom stereocenters. The van der Waals surface area contributed by atoms with Crippen molar-refractivity contribution in [3.8, 4) is 5.75 Å². The van der Waals surface area contributed by atoms with Crippen LogP contribution >= 0.6 is 7.92 Å². The molecule has 0 aromatic heterocycles. The van der Waals surface area contributed by atoms with Gasteiger partial charge in [-0.3, -0.25) is 0 Å². The van der Waals surface area contributed by atoms with Crippen LogP contribution in [-0.2, 0) is 0 Å². The normalized spacial score (nSPS) is 11.9. The number of hydrogen-bond acceptors (Lipinski definition) is 2. The first kappa shape index (κ1) is 13.9. The molecule has 1 N–H and O–H groups in total. The molecule has 0 aliphatic carbocycles. The molecular formula is C16H20NOP. The Labute approximate surface area is 116 Å². The van der Waals surface area contributed by atoms with Crippen LogP contribution in [0.5, 0.6) is 5.75 Å². The third-order valence-corrected chi connectivity index (χ3v) is 5.14. The molecule has 0 bridgehead atoms. The largest absolute Gasteiger partial charge is 0.497 e. The number of rotatable bonds is 6. The number of nitrogens with one attached hydrogen (secondary N) is 1. The van der Waals surface area contributed by atoms with Gasteiger partial charge in [0, 0.05) is 12.2 Å². The Morgan fingerprint density at radius 1 is 1.00 bits per heavy atom. The number of ether oxygens (including phenoxy) is 1. The van der Waals surface area contributed by atoms with E-state index in [0.717, 1.165) is 18.0 Å². The summed E-state index contributed by atoms with van der Waals surface area (Å²) in [4.78, 5) is 0. The van der Waals surface area contributed by atoms with Crippen molar-refractivity contribution in [1.82, 2.24) is 0 Å². The summed E-state index contributed by atoms with van der Waals surface area (Å²) < 4.78 is 5.15. The molecule has 2 aromatic rings. The highest BCUT2D eigenvalue weighted by Crippen LogP contribution is 2.28. The summed E-state index contributed by atoms with van der Waals surface area (Å²) in [5.41, 5.74) is 1.15. The zero-order valence-electron chi connectivity index (χ0n) is 11.5. The summed E-state index contributed by atoms with van der Waals surface area (Å²) in [6, 6.07) is 18.8. The molecule has 0 spiro atoms. The molecule has 0 saturated carbocycles. The van der Waals surface area contributed by atoms with E-state index in [1.165, 1.54) is 11.5 Å². The van der Waals surface area contributed by atoms with Gasteiger partial charge in [0.25, 0.3) is 0 Å². The summed E-state index contributed by atoms with van der Waals surface area (Å²) in [6.45, 7) is 3.34. The topological polar surface area (TPSA) is 21.3 Å². The van der Waals surface area contributed by atoms with E-state index < -0.39 is 0 Å². The van der Waals surface area contributed by atoms with Crippen molar-refractivity contribution in [2.45, 2.75) is 0 Å². The van der Waals surface area contributed by atoms with E-state index in [9.17, 15) is 0 Å². The second kappa shape index (κ2) is 7.16. The summed E-state index contributed by atoms with van der Waals surface area (Å²) in [5.74, 6) is 0.896. The molecule has 19 heavy (non-hydrogen) atoms. The standard InChI is InChI=1S/C16H20NOP/c1-18-15-10-8-14(9-11-15)17-12-13-19(2)16-6-4-3-5-7-16/h3-11,17H,12-13H2,1-2H3. The molecule has 100 valence electrons. The van der Waals surface area contributed by atoms with Crippen LogP contribution in [0.4, 0.5) is 5.69 Å².